The van der Waals surface area contributed by atoms with Gasteiger partial charge in [-0.25, -0.2) is 0 Å². The van der Waals surface area contributed by atoms with Gasteiger partial charge in [0.25, 0.3) is 5.91 Å². The van der Waals surface area contributed by atoms with Gasteiger partial charge in [-0.1, -0.05) is 57.9 Å². The van der Waals surface area contributed by atoms with Gasteiger partial charge < -0.3 is 10.0 Å². The van der Waals surface area contributed by atoms with Crippen molar-refractivity contribution in [3.05, 3.63) is 75.3 Å². The van der Waals surface area contributed by atoms with Crippen molar-refractivity contribution in [3.8, 4) is 0 Å². The number of rotatable bonds is 3. The van der Waals surface area contributed by atoms with Gasteiger partial charge >= 0.3 is 0 Å². The van der Waals surface area contributed by atoms with Crippen molar-refractivity contribution >= 4 is 27.4 Å². The number of aryl methyl sites for hydroxylation is 1. The molecule has 27 heavy (non-hydrogen) atoms. The Bertz CT molecular complexity index is 858. The van der Waals surface area contributed by atoms with Crippen LogP contribution in [0.1, 0.15) is 43.4 Å². The van der Waals surface area contributed by atoms with E-state index >= 15 is 0 Å². The number of hydrogen-bond donors (Lipinski definition) is 1. The topological polar surface area (TPSA) is 40.5 Å². The van der Waals surface area contributed by atoms with Gasteiger partial charge in [-0.05, 0) is 62.4 Å². The summed E-state index contributed by atoms with van der Waals surface area (Å²) >= 11 is 3.43. The third kappa shape index (κ3) is 4.17. The SMILES string of the molecule is CC(C)=C(C(=O)N1CCC(O)(c2ccc(Br)cc2)CC1)c1ccccc1C. The summed E-state index contributed by atoms with van der Waals surface area (Å²) in [5.41, 5.74) is 3.94. The van der Waals surface area contributed by atoms with E-state index in [1.54, 1.807) is 0 Å². The smallest absolute Gasteiger partial charge is 0.254 e. The zero-order chi connectivity index (χ0) is 19.6. The van der Waals surface area contributed by atoms with Crippen molar-refractivity contribution in [2.75, 3.05) is 13.1 Å². The van der Waals surface area contributed by atoms with E-state index in [-0.39, 0.29) is 5.91 Å². The number of benzene rings is 2. The molecule has 0 aliphatic carbocycles. The monoisotopic (exact) mass is 427 g/mol. The molecule has 4 heteroatoms. The Hall–Kier alpha value is -1.91. The normalized spacial score (nSPS) is 16.1. The number of piperidine rings is 1. The van der Waals surface area contributed by atoms with E-state index in [1.807, 2.05) is 74.2 Å². The number of allylic oxidation sites excluding steroid dienone is 1. The molecule has 3 rings (SSSR count). The van der Waals surface area contributed by atoms with E-state index in [4.69, 9.17) is 0 Å². The molecule has 2 aromatic rings. The van der Waals surface area contributed by atoms with Crippen molar-refractivity contribution in [3.63, 3.8) is 0 Å². The average molecular weight is 428 g/mol. The molecule has 0 unspecified atom stereocenters. The highest BCUT2D eigenvalue weighted by atomic mass is 79.9. The number of hydrogen-bond acceptors (Lipinski definition) is 2. The van der Waals surface area contributed by atoms with E-state index in [1.165, 1.54) is 0 Å². The van der Waals surface area contributed by atoms with Crippen molar-refractivity contribution in [2.24, 2.45) is 0 Å². The predicted octanol–water partition coefficient (Wildman–Crippen LogP) is 5.06. The van der Waals surface area contributed by atoms with E-state index in [0.717, 1.165) is 32.3 Å². The summed E-state index contributed by atoms with van der Waals surface area (Å²) in [6.07, 6.45) is 1.09. The van der Waals surface area contributed by atoms with E-state index < -0.39 is 5.60 Å². The Balaban J connectivity index is 1.79. The predicted molar refractivity (Wildman–Crippen MR) is 113 cm³/mol. The summed E-state index contributed by atoms with van der Waals surface area (Å²) in [5.74, 6) is 0.0576. The molecule has 0 spiro atoms. The molecular formula is C23H26BrNO2. The van der Waals surface area contributed by atoms with Crippen molar-refractivity contribution in [1.82, 2.24) is 4.90 Å². The molecule has 3 nitrogen and oxygen atoms in total. The highest BCUT2D eigenvalue weighted by molar-refractivity contribution is 9.10. The van der Waals surface area contributed by atoms with Crippen LogP contribution in [0.5, 0.6) is 0 Å². The minimum atomic E-state index is -0.870. The second-order valence-electron chi connectivity index (χ2n) is 7.52. The summed E-state index contributed by atoms with van der Waals surface area (Å²) in [5, 5.41) is 11.1. The Morgan fingerprint density at radius 3 is 2.19 bits per heavy atom. The van der Waals surface area contributed by atoms with Crippen LogP contribution < -0.4 is 0 Å². The summed E-state index contributed by atoms with van der Waals surface area (Å²) in [7, 11) is 0. The van der Waals surface area contributed by atoms with Gasteiger partial charge in [-0.2, -0.15) is 0 Å². The summed E-state index contributed by atoms with van der Waals surface area (Å²) in [4.78, 5) is 15.1. The van der Waals surface area contributed by atoms with Crippen LogP contribution in [-0.2, 0) is 10.4 Å². The lowest BCUT2D eigenvalue weighted by molar-refractivity contribution is -0.129. The quantitative estimate of drug-likeness (QED) is 0.695. The minimum absolute atomic E-state index is 0.0576. The highest BCUT2D eigenvalue weighted by Crippen LogP contribution is 2.35. The lowest BCUT2D eigenvalue weighted by Gasteiger charge is -2.39. The van der Waals surface area contributed by atoms with Crippen molar-refractivity contribution in [2.45, 2.75) is 39.2 Å². The molecule has 0 saturated carbocycles. The number of nitrogens with zero attached hydrogens (tertiary/aromatic N) is 1. The molecule has 0 bridgehead atoms. The standard InChI is InChI=1S/C23H26BrNO2/c1-16(2)21(20-7-5-4-6-17(20)3)22(26)25-14-12-23(27,13-15-25)18-8-10-19(24)11-9-18/h4-11,27H,12-15H2,1-3H3. The van der Waals surface area contributed by atoms with Gasteiger partial charge in [0.2, 0.25) is 0 Å². The Kier molecular flexibility index (Phi) is 5.87. The van der Waals surface area contributed by atoms with E-state index in [0.29, 0.717) is 25.9 Å². The van der Waals surface area contributed by atoms with E-state index in [9.17, 15) is 9.90 Å². The first-order chi connectivity index (χ1) is 12.8. The van der Waals surface area contributed by atoms with Gasteiger partial charge in [0, 0.05) is 23.1 Å². The third-order valence-electron chi connectivity index (χ3n) is 5.39. The molecule has 1 heterocycles. The van der Waals surface area contributed by atoms with Crippen LogP contribution in [0, 0.1) is 6.92 Å². The number of halogens is 1. The molecule has 0 atom stereocenters. The zero-order valence-corrected chi connectivity index (χ0v) is 17.7. The number of carbonyl (C=O) groups is 1. The highest BCUT2D eigenvalue weighted by Gasteiger charge is 2.36. The molecule has 0 radical (unpaired) electrons. The van der Waals surface area contributed by atoms with Crippen molar-refractivity contribution in [1.29, 1.82) is 0 Å². The van der Waals surface area contributed by atoms with Crippen LogP contribution in [0.15, 0.2) is 58.6 Å². The molecular weight excluding hydrogens is 402 g/mol. The first kappa shape index (κ1) is 19.8. The fourth-order valence-corrected chi connectivity index (χ4v) is 4.00. The first-order valence-electron chi connectivity index (χ1n) is 9.33. The number of aliphatic hydroxyl groups is 1. The van der Waals surface area contributed by atoms with Gasteiger partial charge in [0.1, 0.15) is 0 Å². The molecule has 1 fully saturated rings. The lowest BCUT2D eigenvalue weighted by atomic mass is 9.84. The number of likely N-dealkylation sites (tertiary alicyclic amines) is 1. The lowest BCUT2D eigenvalue weighted by Crippen LogP contribution is -2.45. The molecule has 142 valence electrons. The van der Waals surface area contributed by atoms with Crippen LogP contribution in [0.2, 0.25) is 0 Å². The fraction of sp³-hybridized carbons (Fsp3) is 0.348. The second kappa shape index (κ2) is 7.99. The first-order valence-corrected chi connectivity index (χ1v) is 10.1. The maximum Gasteiger partial charge on any atom is 0.254 e. The van der Waals surface area contributed by atoms with Gasteiger partial charge in [-0.15, -0.1) is 0 Å². The largest absolute Gasteiger partial charge is 0.385 e. The molecule has 0 aromatic heterocycles. The van der Waals surface area contributed by atoms with Gasteiger partial charge in [-0.3, -0.25) is 4.79 Å². The number of amides is 1. The second-order valence-corrected chi connectivity index (χ2v) is 8.44. The van der Waals surface area contributed by atoms with Crippen LogP contribution in [0.25, 0.3) is 5.57 Å². The molecule has 1 N–H and O–H groups in total. The summed E-state index contributed by atoms with van der Waals surface area (Å²) in [6.45, 7) is 7.11. The Morgan fingerprint density at radius 2 is 1.63 bits per heavy atom. The fourth-order valence-electron chi connectivity index (χ4n) is 3.74. The maximum absolute atomic E-state index is 13.3. The Morgan fingerprint density at radius 1 is 1.04 bits per heavy atom. The van der Waals surface area contributed by atoms with Crippen LogP contribution in [0.4, 0.5) is 0 Å². The minimum Gasteiger partial charge on any atom is -0.385 e. The van der Waals surface area contributed by atoms with E-state index in [2.05, 4.69) is 15.9 Å². The van der Waals surface area contributed by atoms with Crippen molar-refractivity contribution < 1.29 is 9.90 Å². The van der Waals surface area contributed by atoms with Gasteiger partial charge in [0.15, 0.2) is 0 Å². The third-order valence-corrected chi connectivity index (χ3v) is 5.92. The number of carbonyl (C=O) groups excluding carboxylic acids is 1. The van der Waals surface area contributed by atoms with Crippen LogP contribution in [-0.4, -0.2) is 29.0 Å². The summed E-state index contributed by atoms with van der Waals surface area (Å²) < 4.78 is 0.994. The van der Waals surface area contributed by atoms with Gasteiger partial charge in [0.05, 0.1) is 5.60 Å². The summed E-state index contributed by atoms with van der Waals surface area (Å²) in [6, 6.07) is 15.8. The molecule has 1 aliphatic heterocycles. The molecule has 1 aliphatic rings. The van der Waals surface area contributed by atoms with Crippen LogP contribution in [0.3, 0.4) is 0 Å². The molecule has 1 saturated heterocycles. The average Bonchev–Trinajstić information content (AvgIpc) is 2.64. The molecule has 2 aromatic carbocycles. The molecule has 1 amide bonds. The Labute approximate surface area is 169 Å². The van der Waals surface area contributed by atoms with Crippen LogP contribution >= 0.6 is 15.9 Å². The zero-order valence-electron chi connectivity index (χ0n) is 16.1. The maximum atomic E-state index is 13.3.